The van der Waals surface area contributed by atoms with Gasteiger partial charge in [0.2, 0.25) is 0 Å². The zero-order valence-electron chi connectivity index (χ0n) is 19.1. The molecule has 2 heterocycles. The molecule has 3 aliphatic rings. The Bertz CT molecular complexity index is 1130. The van der Waals surface area contributed by atoms with Crippen LogP contribution in [0.3, 0.4) is 0 Å². The molecule has 33 heavy (non-hydrogen) atoms. The number of likely N-dealkylation sites (tertiary alicyclic amines) is 1. The van der Waals surface area contributed by atoms with Crippen LogP contribution in [0.2, 0.25) is 5.02 Å². The molecule has 2 aromatic carbocycles. The molecule has 2 aliphatic heterocycles. The Balaban J connectivity index is 1.32. The number of fused-ring (bicyclic) bond motifs is 1. The standard InChI is InChI=1S/C25H27ClFNO5/c1-22(2,3)33-21(29)28-13-24(14-28)11-25(30,12-24)17-6-5-7-19-20(17)32-23(4,31-19)16-9-8-15(26)10-18(16)27/h5-10,30H,11-14H2,1-4H3. The lowest BCUT2D eigenvalue weighted by Gasteiger charge is -2.62. The van der Waals surface area contributed by atoms with Crippen molar-refractivity contribution in [3.63, 3.8) is 0 Å². The molecule has 1 saturated heterocycles. The summed E-state index contributed by atoms with van der Waals surface area (Å²) in [6.45, 7) is 8.24. The number of carbonyl (C=O) groups is 1. The van der Waals surface area contributed by atoms with E-state index >= 15 is 0 Å². The van der Waals surface area contributed by atoms with E-state index in [9.17, 15) is 14.3 Å². The van der Waals surface area contributed by atoms with Crippen molar-refractivity contribution in [2.24, 2.45) is 5.41 Å². The minimum Gasteiger partial charge on any atom is -0.444 e. The summed E-state index contributed by atoms with van der Waals surface area (Å²) in [6.07, 6.45) is 0.651. The van der Waals surface area contributed by atoms with Gasteiger partial charge < -0.3 is 24.2 Å². The molecule has 1 spiro atoms. The van der Waals surface area contributed by atoms with Crippen LogP contribution in [0.15, 0.2) is 36.4 Å². The van der Waals surface area contributed by atoms with Crippen LogP contribution in [0.5, 0.6) is 11.5 Å². The van der Waals surface area contributed by atoms with Crippen LogP contribution in [-0.2, 0) is 16.1 Å². The highest BCUT2D eigenvalue weighted by Gasteiger charge is 2.62. The molecular formula is C25H27ClFNO5. The van der Waals surface area contributed by atoms with Gasteiger partial charge in [0.05, 0.1) is 11.2 Å². The van der Waals surface area contributed by atoms with E-state index in [1.807, 2.05) is 26.8 Å². The lowest BCUT2D eigenvalue weighted by atomic mass is 9.53. The number of rotatable bonds is 2. The zero-order chi connectivity index (χ0) is 23.8. The van der Waals surface area contributed by atoms with Crippen LogP contribution >= 0.6 is 11.6 Å². The normalized spacial score (nSPS) is 24.3. The van der Waals surface area contributed by atoms with Crippen LogP contribution in [0, 0.1) is 11.2 Å². The molecule has 8 heteroatoms. The number of benzene rings is 2. The van der Waals surface area contributed by atoms with Crippen LogP contribution in [0.4, 0.5) is 9.18 Å². The van der Waals surface area contributed by atoms with Crippen molar-refractivity contribution in [3.8, 4) is 11.5 Å². The van der Waals surface area contributed by atoms with Crippen molar-refractivity contribution >= 4 is 17.7 Å². The maximum atomic E-state index is 14.6. The molecule has 1 atom stereocenters. The fourth-order valence-electron chi connectivity index (χ4n) is 5.28. The largest absolute Gasteiger partial charge is 0.444 e. The summed E-state index contributed by atoms with van der Waals surface area (Å²) in [5.74, 6) is -1.05. The van der Waals surface area contributed by atoms with Gasteiger partial charge in [0.1, 0.15) is 11.4 Å². The molecule has 1 aliphatic carbocycles. The Morgan fingerprint density at radius 2 is 1.85 bits per heavy atom. The number of halogens is 2. The molecule has 2 aromatic rings. The first kappa shape index (κ1) is 22.3. The van der Waals surface area contributed by atoms with E-state index in [0.717, 1.165) is 0 Å². The summed E-state index contributed by atoms with van der Waals surface area (Å²) in [5.41, 5.74) is -0.964. The molecule has 1 unspecified atom stereocenters. The Morgan fingerprint density at radius 3 is 2.48 bits per heavy atom. The van der Waals surface area contributed by atoms with E-state index in [1.54, 1.807) is 30.0 Å². The number of aliphatic hydroxyl groups is 1. The highest BCUT2D eigenvalue weighted by atomic mass is 35.5. The quantitative estimate of drug-likeness (QED) is 0.634. The van der Waals surface area contributed by atoms with Gasteiger partial charge in [-0.1, -0.05) is 23.7 Å². The third-order valence-electron chi connectivity index (χ3n) is 6.54. The average Bonchev–Trinajstić information content (AvgIpc) is 2.98. The van der Waals surface area contributed by atoms with E-state index in [0.29, 0.717) is 43.0 Å². The van der Waals surface area contributed by atoms with E-state index in [1.165, 1.54) is 12.1 Å². The second kappa shape index (κ2) is 7.00. The third kappa shape index (κ3) is 3.71. The maximum absolute atomic E-state index is 14.6. The SMILES string of the molecule is CC(C)(C)OC(=O)N1CC2(C1)CC(O)(c1cccc3c1OC(C)(c1ccc(Cl)cc1F)O3)C2. The summed E-state index contributed by atoms with van der Waals surface area (Å²) in [5, 5.41) is 11.7. The first-order chi connectivity index (χ1) is 15.3. The lowest BCUT2D eigenvalue weighted by Crippen LogP contribution is -2.68. The van der Waals surface area contributed by atoms with Gasteiger partial charge in [-0.3, -0.25) is 0 Å². The van der Waals surface area contributed by atoms with Crippen molar-refractivity contribution in [2.75, 3.05) is 13.1 Å². The number of carbonyl (C=O) groups excluding carboxylic acids is 1. The number of hydrogen-bond acceptors (Lipinski definition) is 5. The van der Waals surface area contributed by atoms with Gasteiger partial charge >= 0.3 is 6.09 Å². The fourth-order valence-corrected chi connectivity index (χ4v) is 5.44. The molecule has 0 aromatic heterocycles. The van der Waals surface area contributed by atoms with Gasteiger partial charge in [-0.2, -0.15) is 0 Å². The molecule has 6 nitrogen and oxygen atoms in total. The Hall–Kier alpha value is -2.51. The first-order valence-electron chi connectivity index (χ1n) is 11.0. The summed E-state index contributed by atoms with van der Waals surface area (Å²) >= 11 is 5.89. The van der Waals surface area contributed by atoms with Gasteiger partial charge in [-0.25, -0.2) is 9.18 Å². The van der Waals surface area contributed by atoms with Gasteiger partial charge in [-0.15, -0.1) is 0 Å². The van der Waals surface area contributed by atoms with Crippen molar-refractivity contribution in [1.82, 2.24) is 4.90 Å². The van der Waals surface area contributed by atoms with Gasteiger partial charge in [0, 0.05) is 36.0 Å². The summed E-state index contributed by atoms with van der Waals surface area (Å²) in [6, 6.07) is 9.67. The summed E-state index contributed by atoms with van der Waals surface area (Å²) in [4.78, 5) is 13.9. The Kier molecular flexibility index (Phi) is 4.73. The molecule has 1 saturated carbocycles. The number of ether oxygens (including phenoxy) is 3. The van der Waals surface area contributed by atoms with Crippen LogP contribution in [0.1, 0.15) is 51.7 Å². The average molecular weight is 476 g/mol. The van der Waals surface area contributed by atoms with Crippen molar-refractivity contribution in [3.05, 3.63) is 58.4 Å². The van der Waals surface area contributed by atoms with Crippen molar-refractivity contribution in [2.45, 2.75) is 57.5 Å². The summed E-state index contributed by atoms with van der Waals surface area (Å²) < 4.78 is 32.2. The number of para-hydroxylation sites is 1. The first-order valence-corrected chi connectivity index (χ1v) is 11.4. The topological polar surface area (TPSA) is 68.2 Å². The number of hydrogen-bond donors (Lipinski definition) is 1. The Labute approximate surface area is 197 Å². The molecule has 176 valence electrons. The maximum Gasteiger partial charge on any atom is 0.410 e. The zero-order valence-corrected chi connectivity index (χ0v) is 19.8. The van der Waals surface area contributed by atoms with Crippen LogP contribution in [0.25, 0.3) is 0 Å². The van der Waals surface area contributed by atoms with Crippen molar-refractivity contribution < 1.29 is 28.5 Å². The second-order valence-electron chi connectivity index (χ2n) is 10.6. The molecule has 5 rings (SSSR count). The molecule has 0 bridgehead atoms. The van der Waals surface area contributed by atoms with Crippen molar-refractivity contribution in [1.29, 1.82) is 0 Å². The van der Waals surface area contributed by atoms with E-state index in [2.05, 4.69) is 0 Å². The lowest BCUT2D eigenvalue weighted by molar-refractivity contribution is -0.191. The van der Waals surface area contributed by atoms with E-state index < -0.39 is 22.8 Å². The van der Waals surface area contributed by atoms with Gasteiger partial charge in [0.25, 0.3) is 5.79 Å². The smallest absolute Gasteiger partial charge is 0.410 e. The highest BCUT2D eigenvalue weighted by Crippen LogP contribution is 2.62. The molecule has 1 N–H and O–H groups in total. The van der Waals surface area contributed by atoms with E-state index in [-0.39, 0.29) is 22.1 Å². The molecular weight excluding hydrogens is 449 g/mol. The second-order valence-corrected chi connectivity index (χ2v) is 11.1. The predicted molar refractivity (Wildman–Crippen MR) is 120 cm³/mol. The van der Waals surface area contributed by atoms with E-state index in [4.69, 9.17) is 25.8 Å². The third-order valence-corrected chi connectivity index (χ3v) is 6.78. The monoisotopic (exact) mass is 475 g/mol. The van der Waals surface area contributed by atoms with Crippen LogP contribution in [-0.4, -0.2) is 34.8 Å². The number of nitrogens with zero attached hydrogens (tertiary/aromatic N) is 1. The molecule has 1 amide bonds. The predicted octanol–water partition coefficient (Wildman–Crippen LogP) is 5.34. The highest BCUT2D eigenvalue weighted by molar-refractivity contribution is 6.30. The van der Waals surface area contributed by atoms with Crippen LogP contribution < -0.4 is 9.47 Å². The number of amides is 1. The van der Waals surface area contributed by atoms with Gasteiger partial charge in [-0.05, 0) is 57.9 Å². The summed E-state index contributed by atoms with van der Waals surface area (Å²) in [7, 11) is 0. The molecule has 0 radical (unpaired) electrons. The fraction of sp³-hybridized carbons (Fsp3) is 0.480. The van der Waals surface area contributed by atoms with Gasteiger partial charge in [0.15, 0.2) is 11.5 Å². The molecule has 2 fully saturated rings. The minimum atomic E-state index is -1.38. The Morgan fingerprint density at radius 1 is 1.15 bits per heavy atom. The minimum absolute atomic E-state index is 0.139.